The van der Waals surface area contributed by atoms with E-state index in [0.717, 1.165) is 30.5 Å². The number of carbonyl (C=O) groups excluding carboxylic acids is 1. The van der Waals surface area contributed by atoms with Gasteiger partial charge in [0.25, 0.3) is 0 Å². The van der Waals surface area contributed by atoms with Crippen LogP contribution >= 0.6 is 0 Å². The summed E-state index contributed by atoms with van der Waals surface area (Å²) in [5.74, 6) is -0.0487. The fourth-order valence-corrected chi connectivity index (χ4v) is 1.92. The van der Waals surface area contributed by atoms with E-state index in [9.17, 15) is 4.79 Å². The molecule has 86 valence electrons. The van der Waals surface area contributed by atoms with Gasteiger partial charge in [-0.1, -0.05) is 12.1 Å². The van der Waals surface area contributed by atoms with Crippen LogP contribution in [0.15, 0.2) is 18.2 Å². The van der Waals surface area contributed by atoms with Gasteiger partial charge < -0.3 is 11.1 Å². The van der Waals surface area contributed by atoms with Crippen molar-refractivity contribution in [2.24, 2.45) is 5.73 Å². The summed E-state index contributed by atoms with van der Waals surface area (Å²) in [4.78, 5) is 11.9. The van der Waals surface area contributed by atoms with Crippen LogP contribution in [0.5, 0.6) is 0 Å². The highest BCUT2D eigenvalue weighted by atomic mass is 16.2. The van der Waals surface area contributed by atoms with Gasteiger partial charge in [-0.3, -0.25) is 4.79 Å². The van der Waals surface area contributed by atoms with Crippen molar-refractivity contribution in [2.45, 2.75) is 38.6 Å². The van der Waals surface area contributed by atoms with Gasteiger partial charge >= 0.3 is 0 Å². The smallest absolute Gasteiger partial charge is 0.244 e. The summed E-state index contributed by atoms with van der Waals surface area (Å²) in [6.45, 7) is 4.04. The quantitative estimate of drug-likeness (QED) is 0.799. The molecule has 0 atom stereocenters. The van der Waals surface area contributed by atoms with Crippen molar-refractivity contribution < 1.29 is 4.79 Å². The molecule has 0 spiro atoms. The Hall–Kier alpha value is -1.35. The van der Waals surface area contributed by atoms with Gasteiger partial charge in [0.15, 0.2) is 0 Å². The van der Waals surface area contributed by atoms with Crippen LogP contribution in [0.3, 0.4) is 0 Å². The van der Waals surface area contributed by atoms with E-state index in [0.29, 0.717) is 0 Å². The van der Waals surface area contributed by atoms with E-state index in [-0.39, 0.29) is 5.91 Å². The van der Waals surface area contributed by atoms with E-state index >= 15 is 0 Å². The Morgan fingerprint density at radius 1 is 1.38 bits per heavy atom. The van der Waals surface area contributed by atoms with Gasteiger partial charge in [0.2, 0.25) is 5.91 Å². The maximum atomic E-state index is 11.9. The summed E-state index contributed by atoms with van der Waals surface area (Å²) in [6.07, 6.45) is 2.64. The van der Waals surface area contributed by atoms with Crippen molar-refractivity contribution in [3.05, 3.63) is 29.3 Å². The number of hydrogen-bond acceptors (Lipinski definition) is 2. The summed E-state index contributed by atoms with van der Waals surface area (Å²) in [6, 6.07) is 5.90. The van der Waals surface area contributed by atoms with Crippen LogP contribution in [0.1, 0.15) is 30.4 Å². The lowest BCUT2D eigenvalue weighted by Crippen LogP contribution is -2.56. The molecule has 3 N–H and O–H groups in total. The zero-order chi connectivity index (χ0) is 11.8. The molecule has 1 amide bonds. The Labute approximate surface area is 96.0 Å². The van der Waals surface area contributed by atoms with E-state index in [2.05, 4.69) is 5.32 Å². The van der Waals surface area contributed by atoms with Crippen LogP contribution in [-0.2, 0) is 4.79 Å². The van der Waals surface area contributed by atoms with Gasteiger partial charge in [0, 0.05) is 5.69 Å². The van der Waals surface area contributed by atoms with Crippen LogP contribution in [0.25, 0.3) is 0 Å². The first-order chi connectivity index (χ1) is 7.53. The molecule has 0 saturated heterocycles. The number of carbonyl (C=O) groups is 1. The second-order valence-electron chi connectivity index (χ2n) is 4.71. The first kappa shape index (κ1) is 11.1. The average Bonchev–Trinajstić information content (AvgIpc) is 2.21. The van der Waals surface area contributed by atoms with Crippen molar-refractivity contribution in [3.63, 3.8) is 0 Å². The largest absolute Gasteiger partial charge is 0.324 e. The highest BCUT2D eigenvalue weighted by Crippen LogP contribution is 2.30. The molecule has 0 heterocycles. The van der Waals surface area contributed by atoms with Crippen LogP contribution < -0.4 is 11.1 Å². The van der Waals surface area contributed by atoms with E-state index in [4.69, 9.17) is 5.73 Å². The van der Waals surface area contributed by atoms with E-state index < -0.39 is 5.54 Å². The molecule has 0 bridgehead atoms. The monoisotopic (exact) mass is 218 g/mol. The Morgan fingerprint density at radius 2 is 2.06 bits per heavy atom. The minimum atomic E-state index is -0.629. The minimum Gasteiger partial charge on any atom is -0.324 e. The van der Waals surface area contributed by atoms with Crippen molar-refractivity contribution in [1.29, 1.82) is 0 Å². The molecular weight excluding hydrogens is 200 g/mol. The lowest BCUT2D eigenvalue weighted by Gasteiger charge is -2.36. The number of nitrogens with two attached hydrogens (primary N) is 1. The topological polar surface area (TPSA) is 55.1 Å². The summed E-state index contributed by atoms with van der Waals surface area (Å²) >= 11 is 0. The first-order valence-electron chi connectivity index (χ1n) is 5.69. The number of hydrogen-bond donors (Lipinski definition) is 2. The highest BCUT2D eigenvalue weighted by molar-refractivity contribution is 5.99. The fourth-order valence-electron chi connectivity index (χ4n) is 1.92. The molecule has 0 aromatic heterocycles. The van der Waals surface area contributed by atoms with Crippen molar-refractivity contribution in [2.75, 3.05) is 5.32 Å². The maximum absolute atomic E-state index is 11.9. The number of amides is 1. The molecule has 3 heteroatoms. The molecular formula is C13H18N2O. The molecule has 1 aliphatic rings. The van der Waals surface area contributed by atoms with Gasteiger partial charge in [-0.2, -0.15) is 0 Å². The van der Waals surface area contributed by atoms with Gasteiger partial charge in [-0.05, 0) is 50.3 Å². The Balaban J connectivity index is 2.15. The third kappa shape index (κ3) is 1.83. The molecule has 2 rings (SSSR count). The number of benzene rings is 1. The fraction of sp³-hybridized carbons (Fsp3) is 0.462. The zero-order valence-corrected chi connectivity index (χ0v) is 9.84. The molecule has 0 unspecified atom stereocenters. The summed E-state index contributed by atoms with van der Waals surface area (Å²) in [5, 5.41) is 2.93. The molecule has 16 heavy (non-hydrogen) atoms. The maximum Gasteiger partial charge on any atom is 0.244 e. The number of aryl methyl sites for hydroxylation is 1. The predicted molar refractivity (Wildman–Crippen MR) is 65.3 cm³/mol. The van der Waals surface area contributed by atoms with Crippen molar-refractivity contribution in [3.8, 4) is 0 Å². The van der Waals surface area contributed by atoms with Crippen molar-refractivity contribution >= 4 is 11.6 Å². The molecule has 3 nitrogen and oxygen atoms in total. The lowest BCUT2D eigenvalue weighted by molar-refractivity contribution is -0.123. The molecule has 1 saturated carbocycles. The van der Waals surface area contributed by atoms with Crippen LogP contribution in [0.4, 0.5) is 5.69 Å². The molecule has 0 aliphatic heterocycles. The Kier molecular flexibility index (Phi) is 2.72. The summed E-state index contributed by atoms with van der Waals surface area (Å²) in [5.41, 5.74) is 8.51. The lowest BCUT2D eigenvalue weighted by atomic mass is 9.77. The van der Waals surface area contributed by atoms with Gasteiger partial charge in [0.1, 0.15) is 0 Å². The molecule has 1 aliphatic carbocycles. The first-order valence-corrected chi connectivity index (χ1v) is 5.69. The normalized spacial score (nSPS) is 17.7. The standard InChI is InChI=1S/C13H18N2O/c1-9-5-3-6-11(10(9)2)15-12(16)13(14)7-4-8-13/h3,5-6H,4,7-8,14H2,1-2H3,(H,15,16). The SMILES string of the molecule is Cc1cccc(NC(=O)C2(N)CCC2)c1C. The highest BCUT2D eigenvalue weighted by Gasteiger charge is 2.40. The molecule has 1 aromatic carbocycles. The van der Waals surface area contributed by atoms with E-state index in [1.807, 2.05) is 32.0 Å². The molecule has 0 radical (unpaired) electrons. The average molecular weight is 218 g/mol. The minimum absolute atomic E-state index is 0.0487. The molecule has 1 fully saturated rings. The van der Waals surface area contributed by atoms with Crippen LogP contribution in [0.2, 0.25) is 0 Å². The number of anilines is 1. The predicted octanol–water partition coefficient (Wildman–Crippen LogP) is 2.12. The van der Waals surface area contributed by atoms with Crippen LogP contribution in [-0.4, -0.2) is 11.4 Å². The Bertz CT molecular complexity index is 422. The zero-order valence-electron chi connectivity index (χ0n) is 9.84. The van der Waals surface area contributed by atoms with Gasteiger partial charge in [-0.25, -0.2) is 0 Å². The van der Waals surface area contributed by atoms with E-state index in [1.165, 1.54) is 5.56 Å². The van der Waals surface area contributed by atoms with Gasteiger partial charge in [0.05, 0.1) is 5.54 Å². The second-order valence-corrected chi connectivity index (χ2v) is 4.71. The number of rotatable bonds is 2. The third-order valence-corrected chi connectivity index (χ3v) is 3.55. The Morgan fingerprint density at radius 3 is 2.62 bits per heavy atom. The molecule has 1 aromatic rings. The van der Waals surface area contributed by atoms with Gasteiger partial charge in [-0.15, -0.1) is 0 Å². The summed E-state index contributed by atoms with van der Waals surface area (Å²) < 4.78 is 0. The van der Waals surface area contributed by atoms with E-state index in [1.54, 1.807) is 0 Å². The third-order valence-electron chi connectivity index (χ3n) is 3.55. The summed E-state index contributed by atoms with van der Waals surface area (Å²) in [7, 11) is 0. The number of nitrogens with one attached hydrogen (secondary N) is 1. The second kappa shape index (κ2) is 3.91. The van der Waals surface area contributed by atoms with Crippen molar-refractivity contribution in [1.82, 2.24) is 0 Å². The van der Waals surface area contributed by atoms with Crippen LogP contribution in [0, 0.1) is 13.8 Å².